The van der Waals surface area contributed by atoms with Crippen LogP contribution in [-0.2, 0) is 4.79 Å². The van der Waals surface area contributed by atoms with Gasteiger partial charge in [0.2, 0.25) is 5.91 Å². The van der Waals surface area contributed by atoms with Crippen molar-refractivity contribution in [2.45, 2.75) is 52.1 Å². The average Bonchev–Trinajstić information content (AvgIpc) is 2.37. The van der Waals surface area contributed by atoms with Crippen LogP contribution in [0.2, 0.25) is 0 Å². The van der Waals surface area contributed by atoms with Crippen LogP contribution in [0.5, 0.6) is 0 Å². The van der Waals surface area contributed by atoms with Gasteiger partial charge in [-0.2, -0.15) is 0 Å². The van der Waals surface area contributed by atoms with Crippen molar-refractivity contribution < 1.29 is 4.79 Å². The molecule has 0 radical (unpaired) electrons. The summed E-state index contributed by atoms with van der Waals surface area (Å²) in [6, 6.07) is 0.614. The highest BCUT2D eigenvalue weighted by molar-refractivity contribution is 5.85. The summed E-state index contributed by atoms with van der Waals surface area (Å²) < 4.78 is 0. The van der Waals surface area contributed by atoms with Crippen LogP contribution < -0.4 is 5.73 Å². The lowest BCUT2D eigenvalue weighted by molar-refractivity contribution is -0.138. The standard InChI is InChI=1S/C13H27N3O/c1-5-11(3)15-7-9-16(10-8-15)12(17)13(4,14)6-2/h11H,5-10,14H2,1-4H3. The van der Waals surface area contributed by atoms with E-state index in [1.807, 2.05) is 18.7 Å². The minimum absolute atomic E-state index is 0.101. The molecule has 0 aromatic heterocycles. The maximum Gasteiger partial charge on any atom is 0.242 e. The van der Waals surface area contributed by atoms with Crippen LogP contribution in [0, 0.1) is 0 Å². The molecule has 4 nitrogen and oxygen atoms in total. The van der Waals surface area contributed by atoms with Gasteiger partial charge in [-0.15, -0.1) is 0 Å². The summed E-state index contributed by atoms with van der Waals surface area (Å²) in [5.74, 6) is 0.101. The molecule has 1 heterocycles. The fourth-order valence-corrected chi connectivity index (χ4v) is 2.14. The fourth-order valence-electron chi connectivity index (χ4n) is 2.14. The largest absolute Gasteiger partial charge is 0.339 e. The predicted octanol–water partition coefficient (Wildman–Crippen LogP) is 1.06. The molecule has 1 saturated heterocycles. The summed E-state index contributed by atoms with van der Waals surface area (Å²) in [5.41, 5.74) is 5.31. The van der Waals surface area contributed by atoms with Gasteiger partial charge in [-0.05, 0) is 26.7 Å². The summed E-state index contributed by atoms with van der Waals surface area (Å²) in [7, 11) is 0. The molecule has 0 aromatic rings. The Kier molecular flexibility index (Phi) is 4.95. The van der Waals surface area contributed by atoms with Gasteiger partial charge in [0, 0.05) is 32.2 Å². The SMILES string of the molecule is CCC(C)N1CCN(C(=O)C(C)(N)CC)CC1. The molecule has 0 aliphatic carbocycles. The Morgan fingerprint density at radius 1 is 1.29 bits per heavy atom. The number of amides is 1. The number of hydrogen-bond acceptors (Lipinski definition) is 3. The summed E-state index contributed by atoms with van der Waals surface area (Å²) >= 11 is 0. The summed E-state index contributed by atoms with van der Waals surface area (Å²) in [4.78, 5) is 16.5. The number of nitrogens with two attached hydrogens (primary N) is 1. The van der Waals surface area contributed by atoms with E-state index in [1.165, 1.54) is 0 Å². The van der Waals surface area contributed by atoms with Gasteiger partial charge in [0.05, 0.1) is 5.54 Å². The molecule has 1 aliphatic rings. The van der Waals surface area contributed by atoms with Gasteiger partial charge in [0.15, 0.2) is 0 Å². The highest BCUT2D eigenvalue weighted by Crippen LogP contribution is 2.14. The average molecular weight is 241 g/mol. The van der Waals surface area contributed by atoms with Crippen molar-refractivity contribution in [3.63, 3.8) is 0 Å². The molecule has 100 valence electrons. The van der Waals surface area contributed by atoms with Gasteiger partial charge in [0.25, 0.3) is 0 Å². The first-order chi connectivity index (χ1) is 7.92. The molecular formula is C13H27N3O. The molecule has 1 aliphatic heterocycles. The predicted molar refractivity (Wildman–Crippen MR) is 70.8 cm³/mol. The molecule has 17 heavy (non-hydrogen) atoms. The van der Waals surface area contributed by atoms with E-state index in [2.05, 4.69) is 18.7 Å². The monoisotopic (exact) mass is 241 g/mol. The number of rotatable bonds is 4. The third-order valence-electron chi connectivity index (χ3n) is 4.04. The van der Waals surface area contributed by atoms with Crippen LogP contribution in [-0.4, -0.2) is 53.5 Å². The van der Waals surface area contributed by atoms with Crippen molar-refractivity contribution in [1.29, 1.82) is 0 Å². The van der Waals surface area contributed by atoms with Gasteiger partial charge in [0.1, 0.15) is 0 Å². The number of carbonyl (C=O) groups excluding carboxylic acids is 1. The first-order valence-corrected chi connectivity index (χ1v) is 6.74. The Bertz CT molecular complexity index is 257. The zero-order chi connectivity index (χ0) is 13.1. The lowest BCUT2D eigenvalue weighted by Gasteiger charge is -2.40. The number of carbonyl (C=O) groups is 1. The second kappa shape index (κ2) is 5.83. The Morgan fingerprint density at radius 3 is 2.24 bits per heavy atom. The lowest BCUT2D eigenvalue weighted by Crippen LogP contribution is -2.58. The zero-order valence-corrected chi connectivity index (χ0v) is 11.7. The number of nitrogens with zero attached hydrogens (tertiary/aromatic N) is 2. The molecule has 1 amide bonds. The van der Waals surface area contributed by atoms with Gasteiger partial charge >= 0.3 is 0 Å². The van der Waals surface area contributed by atoms with Crippen molar-refractivity contribution in [1.82, 2.24) is 9.80 Å². The highest BCUT2D eigenvalue weighted by Gasteiger charge is 2.33. The molecule has 0 aromatic carbocycles. The van der Waals surface area contributed by atoms with Gasteiger partial charge in [-0.3, -0.25) is 9.69 Å². The maximum absolute atomic E-state index is 12.2. The molecule has 2 N–H and O–H groups in total. The number of hydrogen-bond donors (Lipinski definition) is 1. The lowest BCUT2D eigenvalue weighted by atomic mass is 9.98. The molecule has 2 atom stereocenters. The topological polar surface area (TPSA) is 49.6 Å². The highest BCUT2D eigenvalue weighted by atomic mass is 16.2. The minimum Gasteiger partial charge on any atom is -0.339 e. The zero-order valence-electron chi connectivity index (χ0n) is 11.7. The van der Waals surface area contributed by atoms with Gasteiger partial charge in [-0.25, -0.2) is 0 Å². The van der Waals surface area contributed by atoms with Crippen LogP contribution in [0.25, 0.3) is 0 Å². The van der Waals surface area contributed by atoms with Crippen LogP contribution in [0.1, 0.15) is 40.5 Å². The second-order valence-electron chi connectivity index (χ2n) is 5.36. The van der Waals surface area contributed by atoms with E-state index < -0.39 is 5.54 Å². The van der Waals surface area contributed by atoms with E-state index in [1.54, 1.807) is 0 Å². The van der Waals surface area contributed by atoms with E-state index >= 15 is 0 Å². The molecule has 0 saturated carbocycles. The molecular weight excluding hydrogens is 214 g/mol. The van der Waals surface area contributed by atoms with Crippen LogP contribution >= 0.6 is 0 Å². The Balaban J connectivity index is 2.50. The first-order valence-electron chi connectivity index (χ1n) is 6.74. The van der Waals surface area contributed by atoms with Gasteiger partial charge < -0.3 is 10.6 Å². The molecule has 2 unspecified atom stereocenters. The van der Waals surface area contributed by atoms with E-state index in [0.717, 1.165) is 32.6 Å². The molecule has 1 fully saturated rings. The molecule has 1 rings (SSSR count). The van der Waals surface area contributed by atoms with Crippen LogP contribution in [0.15, 0.2) is 0 Å². The third kappa shape index (κ3) is 3.42. The smallest absolute Gasteiger partial charge is 0.242 e. The number of piperazine rings is 1. The summed E-state index contributed by atoms with van der Waals surface area (Å²) in [5, 5.41) is 0. The van der Waals surface area contributed by atoms with Crippen molar-refractivity contribution in [3.8, 4) is 0 Å². The van der Waals surface area contributed by atoms with E-state index in [9.17, 15) is 4.79 Å². The van der Waals surface area contributed by atoms with E-state index in [-0.39, 0.29) is 5.91 Å². The van der Waals surface area contributed by atoms with Crippen molar-refractivity contribution >= 4 is 5.91 Å². The van der Waals surface area contributed by atoms with Crippen molar-refractivity contribution in [2.75, 3.05) is 26.2 Å². The van der Waals surface area contributed by atoms with Gasteiger partial charge in [-0.1, -0.05) is 13.8 Å². The van der Waals surface area contributed by atoms with Crippen LogP contribution in [0.3, 0.4) is 0 Å². The normalized spacial score (nSPS) is 23.2. The van der Waals surface area contributed by atoms with Crippen molar-refractivity contribution in [3.05, 3.63) is 0 Å². The molecule has 0 bridgehead atoms. The Labute approximate surface area is 105 Å². The van der Waals surface area contributed by atoms with E-state index in [0.29, 0.717) is 12.5 Å². The quantitative estimate of drug-likeness (QED) is 0.800. The molecule has 0 spiro atoms. The second-order valence-corrected chi connectivity index (χ2v) is 5.36. The minimum atomic E-state index is -0.696. The molecule has 4 heteroatoms. The third-order valence-corrected chi connectivity index (χ3v) is 4.04. The maximum atomic E-state index is 12.2. The summed E-state index contributed by atoms with van der Waals surface area (Å²) in [6.45, 7) is 11.8. The van der Waals surface area contributed by atoms with E-state index in [4.69, 9.17) is 5.73 Å². The summed E-state index contributed by atoms with van der Waals surface area (Å²) in [6.07, 6.45) is 1.86. The first kappa shape index (κ1) is 14.5. The Hall–Kier alpha value is -0.610. The fraction of sp³-hybridized carbons (Fsp3) is 0.923. The Morgan fingerprint density at radius 2 is 1.82 bits per heavy atom. The van der Waals surface area contributed by atoms with Crippen LogP contribution in [0.4, 0.5) is 0 Å². The van der Waals surface area contributed by atoms with Crippen molar-refractivity contribution in [2.24, 2.45) is 5.73 Å².